The van der Waals surface area contributed by atoms with Crippen LogP contribution in [-0.4, -0.2) is 26.5 Å². The van der Waals surface area contributed by atoms with E-state index in [0.717, 1.165) is 0 Å². The van der Waals surface area contributed by atoms with Crippen molar-refractivity contribution >= 4 is 9.84 Å². The number of rotatable bonds is 5. The van der Waals surface area contributed by atoms with Gasteiger partial charge in [0.25, 0.3) is 0 Å². The van der Waals surface area contributed by atoms with Crippen LogP contribution in [0.1, 0.15) is 20.3 Å². The zero-order valence-corrected chi connectivity index (χ0v) is 8.89. The standard InChI is InChI=1S/C8H16N2O2S/c1-8(2,7-10)3-5-13(11,12)6-4-9/h3-6,9H2,1-2H3. The highest BCUT2D eigenvalue weighted by Gasteiger charge is 2.20. The average Bonchev–Trinajstić information content (AvgIpc) is 2.02. The van der Waals surface area contributed by atoms with E-state index in [0.29, 0.717) is 6.42 Å². The molecule has 0 aromatic carbocycles. The van der Waals surface area contributed by atoms with E-state index in [1.165, 1.54) is 0 Å². The quantitative estimate of drug-likeness (QED) is 0.698. The van der Waals surface area contributed by atoms with Crippen molar-refractivity contribution < 1.29 is 8.42 Å². The van der Waals surface area contributed by atoms with E-state index in [4.69, 9.17) is 11.0 Å². The van der Waals surface area contributed by atoms with Crippen LogP contribution in [0.5, 0.6) is 0 Å². The summed E-state index contributed by atoms with van der Waals surface area (Å²) in [7, 11) is -3.05. The van der Waals surface area contributed by atoms with E-state index in [1.54, 1.807) is 13.8 Å². The Kier molecular flexibility index (Phi) is 4.37. The summed E-state index contributed by atoms with van der Waals surface area (Å²) < 4.78 is 22.4. The summed E-state index contributed by atoms with van der Waals surface area (Å²) in [5.41, 5.74) is 4.57. The first-order chi connectivity index (χ1) is 5.83. The van der Waals surface area contributed by atoms with Crippen LogP contribution < -0.4 is 5.73 Å². The smallest absolute Gasteiger partial charge is 0.151 e. The molecule has 13 heavy (non-hydrogen) atoms. The third-order valence-electron chi connectivity index (χ3n) is 1.77. The van der Waals surface area contributed by atoms with E-state index in [1.807, 2.05) is 0 Å². The molecule has 0 aliphatic heterocycles. The molecule has 0 fully saturated rings. The molecule has 76 valence electrons. The SMILES string of the molecule is CC(C)(C#N)CCS(=O)(=O)CCN. The van der Waals surface area contributed by atoms with Crippen molar-refractivity contribution in [2.45, 2.75) is 20.3 Å². The molecule has 0 rings (SSSR count). The molecular formula is C8H16N2O2S. The van der Waals surface area contributed by atoms with Gasteiger partial charge in [-0.05, 0) is 20.3 Å². The highest BCUT2D eigenvalue weighted by molar-refractivity contribution is 7.91. The topological polar surface area (TPSA) is 84.0 Å². The molecule has 0 aromatic heterocycles. The molecule has 0 atom stereocenters. The molecule has 0 heterocycles. The van der Waals surface area contributed by atoms with Gasteiger partial charge in [0.1, 0.15) is 0 Å². The summed E-state index contributed by atoms with van der Waals surface area (Å²) in [5, 5.41) is 8.65. The molecule has 5 heteroatoms. The van der Waals surface area contributed by atoms with Gasteiger partial charge in [-0.2, -0.15) is 5.26 Å². The molecule has 4 nitrogen and oxygen atoms in total. The van der Waals surface area contributed by atoms with E-state index in [-0.39, 0.29) is 18.1 Å². The molecule has 0 aliphatic carbocycles. The van der Waals surface area contributed by atoms with Crippen LogP contribution >= 0.6 is 0 Å². The predicted octanol–water partition coefficient (Wildman–Crippen LogP) is 0.300. The minimum Gasteiger partial charge on any atom is -0.329 e. The van der Waals surface area contributed by atoms with Gasteiger partial charge in [-0.25, -0.2) is 8.42 Å². The van der Waals surface area contributed by atoms with Crippen molar-refractivity contribution in [3.63, 3.8) is 0 Å². The van der Waals surface area contributed by atoms with Crippen molar-refractivity contribution in [1.29, 1.82) is 5.26 Å². The van der Waals surface area contributed by atoms with Gasteiger partial charge in [-0.3, -0.25) is 0 Å². The van der Waals surface area contributed by atoms with Crippen LogP contribution in [0.3, 0.4) is 0 Å². The zero-order valence-electron chi connectivity index (χ0n) is 8.08. The lowest BCUT2D eigenvalue weighted by Crippen LogP contribution is -2.22. The second-order valence-corrected chi connectivity index (χ2v) is 5.99. The molecule has 0 amide bonds. The third-order valence-corrected chi connectivity index (χ3v) is 3.45. The Bertz CT molecular complexity index is 288. The zero-order chi connectivity index (χ0) is 10.5. The Morgan fingerprint density at radius 1 is 1.38 bits per heavy atom. The second kappa shape index (κ2) is 4.58. The largest absolute Gasteiger partial charge is 0.329 e. The molecule has 0 spiro atoms. The molecule has 0 bridgehead atoms. The fourth-order valence-corrected chi connectivity index (χ4v) is 2.13. The number of hydrogen-bond donors (Lipinski definition) is 1. The third kappa shape index (κ3) is 5.61. The van der Waals surface area contributed by atoms with Gasteiger partial charge in [-0.15, -0.1) is 0 Å². The molecule has 0 saturated heterocycles. The summed E-state index contributed by atoms with van der Waals surface area (Å²) in [6.45, 7) is 3.60. The first-order valence-corrected chi connectivity index (χ1v) is 5.97. The first kappa shape index (κ1) is 12.4. The van der Waals surface area contributed by atoms with Gasteiger partial charge in [0, 0.05) is 6.54 Å². The first-order valence-electron chi connectivity index (χ1n) is 4.15. The average molecular weight is 204 g/mol. The Morgan fingerprint density at radius 2 is 1.92 bits per heavy atom. The Labute approximate surface area is 79.7 Å². The van der Waals surface area contributed by atoms with Crippen LogP contribution in [-0.2, 0) is 9.84 Å². The minimum absolute atomic E-state index is 0.00844. The summed E-state index contributed by atoms with van der Waals surface area (Å²) in [5.74, 6) is 0.0548. The maximum absolute atomic E-state index is 11.2. The maximum atomic E-state index is 11.2. The molecule has 0 radical (unpaired) electrons. The lowest BCUT2D eigenvalue weighted by molar-refractivity contribution is 0.473. The van der Waals surface area contributed by atoms with Crippen molar-refractivity contribution in [2.75, 3.05) is 18.1 Å². The fraction of sp³-hybridized carbons (Fsp3) is 0.875. The van der Waals surface area contributed by atoms with Gasteiger partial charge >= 0.3 is 0 Å². The van der Waals surface area contributed by atoms with Crippen LogP contribution in [0.25, 0.3) is 0 Å². The molecular weight excluding hydrogens is 188 g/mol. The Balaban J connectivity index is 4.12. The van der Waals surface area contributed by atoms with Gasteiger partial charge in [-0.1, -0.05) is 0 Å². The van der Waals surface area contributed by atoms with Gasteiger partial charge < -0.3 is 5.73 Å². The van der Waals surface area contributed by atoms with Gasteiger partial charge in [0.05, 0.1) is 23.0 Å². The molecule has 0 aromatic rings. The van der Waals surface area contributed by atoms with E-state index in [2.05, 4.69) is 6.07 Å². The number of nitriles is 1. The number of nitrogens with two attached hydrogens (primary N) is 1. The van der Waals surface area contributed by atoms with Crippen LogP contribution in [0, 0.1) is 16.7 Å². The summed E-state index contributed by atoms with van der Waals surface area (Å²) >= 11 is 0. The summed E-state index contributed by atoms with van der Waals surface area (Å²) in [6.07, 6.45) is 0.367. The number of sulfone groups is 1. The maximum Gasteiger partial charge on any atom is 0.151 e. The van der Waals surface area contributed by atoms with Crippen molar-refractivity contribution in [3.8, 4) is 6.07 Å². The second-order valence-electron chi connectivity index (χ2n) is 3.69. The van der Waals surface area contributed by atoms with Crippen molar-refractivity contribution in [3.05, 3.63) is 0 Å². The Hall–Kier alpha value is -0.600. The summed E-state index contributed by atoms with van der Waals surface area (Å²) in [4.78, 5) is 0. The van der Waals surface area contributed by atoms with Crippen LogP contribution in [0.2, 0.25) is 0 Å². The van der Waals surface area contributed by atoms with Crippen LogP contribution in [0.4, 0.5) is 0 Å². The highest BCUT2D eigenvalue weighted by Crippen LogP contribution is 2.19. The normalized spacial score (nSPS) is 12.5. The lowest BCUT2D eigenvalue weighted by Gasteiger charge is -2.14. The number of nitrogens with zero attached hydrogens (tertiary/aromatic N) is 1. The highest BCUT2D eigenvalue weighted by atomic mass is 32.2. The molecule has 0 saturated carbocycles. The van der Waals surface area contributed by atoms with E-state index in [9.17, 15) is 8.42 Å². The summed E-state index contributed by atoms with van der Waals surface area (Å²) in [6, 6.07) is 2.06. The van der Waals surface area contributed by atoms with E-state index < -0.39 is 15.3 Å². The number of hydrogen-bond acceptors (Lipinski definition) is 4. The molecule has 2 N–H and O–H groups in total. The Morgan fingerprint density at radius 3 is 2.31 bits per heavy atom. The van der Waals surface area contributed by atoms with Gasteiger partial charge in [0.2, 0.25) is 0 Å². The molecule has 0 aliphatic rings. The monoisotopic (exact) mass is 204 g/mol. The van der Waals surface area contributed by atoms with E-state index >= 15 is 0 Å². The van der Waals surface area contributed by atoms with Crippen molar-refractivity contribution in [2.24, 2.45) is 11.1 Å². The molecule has 0 unspecified atom stereocenters. The van der Waals surface area contributed by atoms with Crippen molar-refractivity contribution in [1.82, 2.24) is 0 Å². The van der Waals surface area contributed by atoms with Crippen LogP contribution in [0.15, 0.2) is 0 Å². The van der Waals surface area contributed by atoms with Gasteiger partial charge in [0.15, 0.2) is 9.84 Å². The predicted molar refractivity (Wildman–Crippen MR) is 51.7 cm³/mol. The lowest BCUT2D eigenvalue weighted by atomic mass is 9.93. The fourth-order valence-electron chi connectivity index (χ4n) is 0.748. The minimum atomic E-state index is -3.05.